The van der Waals surface area contributed by atoms with Gasteiger partial charge in [-0.15, -0.1) is 5.10 Å². The minimum atomic E-state index is -0.379. The summed E-state index contributed by atoms with van der Waals surface area (Å²) in [5.41, 5.74) is 2.31. The highest BCUT2D eigenvalue weighted by Gasteiger charge is 2.12. The maximum absolute atomic E-state index is 13.3. The summed E-state index contributed by atoms with van der Waals surface area (Å²) in [7, 11) is 0. The molecule has 0 unspecified atom stereocenters. The zero-order chi connectivity index (χ0) is 16.9. The van der Waals surface area contributed by atoms with Crippen molar-refractivity contribution in [3.63, 3.8) is 0 Å². The molecule has 3 aromatic rings. The smallest absolute Gasteiger partial charge is 0.234 e. The molecule has 2 aromatic carbocycles. The Labute approximate surface area is 142 Å². The van der Waals surface area contributed by atoms with E-state index in [1.807, 2.05) is 31.2 Å². The number of halogens is 1. The van der Waals surface area contributed by atoms with Crippen molar-refractivity contribution in [3.8, 4) is 5.69 Å². The third-order valence-electron chi connectivity index (χ3n) is 3.13. The molecule has 1 N–H and O–H groups in total. The first-order valence-electron chi connectivity index (χ1n) is 7.15. The molecule has 0 saturated heterocycles. The van der Waals surface area contributed by atoms with Crippen molar-refractivity contribution in [3.05, 3.63) is 59.9 Å². The van der Waals surface area contributed by atoms with Crippen LogP contribution >= 0.6 is 11.8 Å². The van der Waals surface area contributed by atoms with E-state index in [1.54, 1.807) is 12.1 Å². The van der Waals surface area contributed by atoms with E-state index in [2.05, 4.69) is 20.8 Å². The molecule has 0 fully saturated rings. The maximum Gasteiger partial charge on any atom is 0.234 e. The van der Waals surface area contributed by atoms with E-state index in [4.69, 9.17) is 0 Å². The molecule has 0 aliphatic rings. The molecule has 1 aromatic heterocycles. The van der Waals surface area contributed by atoms with E-state index in [0.717, 1.165) is 11.3 Å². The number of rotatable bonds is 5. The second-order valence-electron chi connectivity index (χ2n) is 5.06. The second kappa shape index (κ2) is 7.22. The van der Waals surface area contributed by atoms with E-state index >= 15 is 0 Å². The van der Waals surface area contributed by atoms with Crippen LogP contribution in [-0.2, 0) is 4.79 Å². The van der Waals surface area contributed by atoms with Crippen molar-refractivity contribution in [1.29, 1.82) is 0 Å². The molecular formula is C16H14FN5OS. The van der Waals surface area contributed by atoms with Crippen molar-refractivity contribution >= 4 is 23.4 Å². The highest BCUT2D eigenvalue weighted by Crippen LogP contribution is 2.19. The first kappa shape index (κ1) is 16.1. The number of tetrazole rings is 1. The van der Waals surface area contributed by atoms with Gasteiger partial charge in [0.1, 0.15) is 5.82 Å². The number of carbonyl (C=O) groups excluding carboxylic acids is 1. The third-order valence-corrected chi connectivity index (χ3v) is 4.05. The first-order chi connectivity index (χ1) is 11.6. The van der Waals surface area contributed by atoms with Crippen LogP contribution in [0.15, 0.2) is 53.7 Å². The Morgan fingerprint density at radius 1 is 1.25 bits per heavy atom. The summed E-state index contributed by atoms with van der Waals surface area (Å²) in [6.45, 7) is 1.96. The van der Waals surface area contributed by atoms with Gasteiger partial charge in [-0.2, -0.15) is 4.68 Å². The van der Waals surface area contributed by atoms with E-state index < -0.39 is 0 Å². The molecule has 0 aliphatic heterocycles. The molecule has 0 spiro atoms. The van der Waals surface area contributed by atoms with Crippen molar-refractivity contribution in [2.24, 2.45) is 0 Å². The predicted octanol–water partition coefficient (Wildman–Crippen LogP) is 2.84. The van der Waals surface area contributed by atoms with Gasteiger partial charge in [-0.25, -0.2) is 4.39 Å². The molecule has 122 valence electrons. The fourth-order valence-electron chi connectivity index (χ4n) is 2.09. The lowest BCUT2D eigenvalue weighted by Gasteiger charge is -2.06. The topological polar surface area (TPSA) is 72.7 Å². The van der Waals surface area contributed by atoms with Gasteiger partial charge < -0.3 is 5.32 Å². The SMILES string of the molecule is Cc1cccc(NC(=O)CSc2nnnn2-c2cccc(F)c2)c1. The van der Waals surface area contributed by atoms with Crippen LogP contribution in [0.25, 0.3) is 5.69 Å². The average molecular weight is 343 g/mol. The maximum atomic E-state index is 13.3. The lowest BCUT2D eigenvalue weighted by molar-refractivity contribution is -0.113. The number of hydrogen-bond donors (Lipinski definition) is 1. The van der Waals surface area contributed by atoms with Crippen molar-refractivity contribution in [2.45, 2.75) is 12.1 Å². The quantitative estimate of drug-likeness (QED) is 0.721. The van der Waals surface area contributed by atoms with E-state index in [0.29, 0.717) is 10.8 Å². The fraction of sp³-hybridized carbons (Fsp3) is 0.125. The summed E-state index contributed by atoms with van der Waals surface area (Å²) >= 11 is 1.18. The minimum absolute atomic E-state index is 0.142. The number of benzene rings is 2. The van der Waals surface area contributed by atoms with Gasteiger partial charge in [0, 0.05) is 5.69 Å². The molecule has 0 saturated carbocycles. The van der Waals surface area contributed by atoms with E-state index in [-0.39, 0.29) is 17.5 Å². The number of hydrogen-bond acceptors (Lipinski definition) is 5. The van der Waals surface area contributed by atoms with Gasteiger partial charge in [0.05, 0.1) is 11.4 Å². The molecule has 0 radical (unpaired) electrons. The standard InChI is InChI=1S/C16H14FN5OS/c1-11-4-2-6-13(8-11)18-15(23)10-24-16-19-20-21-22(16)14-7-3-5-12(17)9-14/h2-9H,10H2,1H3,(H,18,23). The number of carbonyl (C=O) groups is 1. The highest BCUT2D eigenvalue weighted by molar-refractivity contribution is 7.99. The number of nitrogens with zero attached hydrogens (tertiary/aromatic N) is 4. The van der Waals surface area contributed by atoms with Gasteiger partial charge in [-0.05, 0) is 53.2 Å². The molecule has 1 amide bonds. The molecule has 0 aliphatic carbocycles. The monoisotopic (exact) mass is 343 g/mol. The summed E-state index contributed by atoms with van der Waals surface area (Å²) in [6.07, 6.45) is 0. The molecule has 0 bridgehead atoms. The van der Waals surface area contributed by atoms with Crippen LogP contribution in [0, 0.1) is 12.7 Å². The Bertz CT molecular complexity index is 867. The molecule has 6 nitrogen and oxygen atoms in total. The minimum Gasteiger partial charge on any atom is -0.325 e. The van der Waals surface area contributed by atoms with Crippen LogP contribution < -0.4 is 5.32 Å². The molecule has 1 heterocycles. The molecule has 24 heavy (non-hydrogen) atoms. The lowest BCUT2D eigenvalue weighted by Crippen LogP contribution is -2.14. The zero-order valence-corrected chi connectivity index (χ0v) is 13.6. The van der Waals surface area contributed by atoms with Crippen LogP contribution in [-0.4, -0.2) is 31.9 Å². The number of aryl methyl sites for hydroxylation is 1. The zero-order valence-electron chi connectivity index (χ0n) is 12.8. The van der Waals surface area contributed by atoms with Crippen molar-refractivity contribution in [2.75, 3.05) is 11.1 Å². The van der Waals surface area contributed by atoms with Gasteiger partial charge in [0.25, 0.3) is 0 Å². The number of anilines is 1. The summed E-state index contributed by atoms with van der Waals surface area (Å²) in [5.74, 6) is -0.403. The Kier molecular flexibility index (Phi) is 4.85. The second-order valence-corrected chi connectivity index (χ2v) is 6.00. The van der Waals surface area contributed by atoms with Crippen LogP contribution in [0.3, 0.4) is 0 Å². The summed E-state index contributed by atoms with van der Waals surface area (Å²) in [6, 6.07) is 13.5. The van der Waals surface area contributed by atoms with Gasteiger partial charge in [0.15, 0.2) is 0 Å². The Hall–Kier alpha value is -2.74. The molecule has 0 atom stereocenters. The number of nitrogens with one attached hydrogen (secondary N) is 1. The van der Waals surface area contributed by atoms with E-state index in [1.165, 1.54) is 28.6 Å². The first-order valence-corrected chi connectivity index (χ1v) is 8.14. The summed E-state index contributed by atoms with van der Waals surface area (Å²) in [4.78, 5) is 12.1. The van der Waals surface area contributed by atoms with Gasteiger partial charge >= 0.3 is 0 Å². The Morgan fingerprint density at radius 2 is 2.08 bits per heavy atom. The fourth-order valence-corrected chi connectivity index (χ4v) is 2.78. The van der Waals surface area contributed by atoms with Gasteiger partial charge in [0.2, 0.25) is 11.1 Å². The highest BCUT2D eigenvalue weighted by atomic mass is 32.2. The molecule has 8 heteroatoms. The number of thioether (sulfide) groups is 1. The number of amides is 1. The Balaban J connectivity index is 1.65. The van der Waals surface area contributed by atoms with Crippen LogP contribution in [0.5, 0.6) is 0 Å². The normalized spacial score (nSPS) is 10.6. The van der Waals surface area contributed by atoms with Crippen LogP contribution in [0.1, 0.15) is 5.56 Å². The molecular weight excluding hydrogens is 329 g/mol. The van der Waals surface area contributed by atoms with Gasteiger partial charge in [-0.3, -0.25) is 4.79 Å². The summed E-state index contributed by atoms with van der Waals surface area (Å²) in [5, 5.41) is 14.5. The van der Waals surface area contributed by atoms with Crippen molar-refractivity contribution < 1.29 is 9.18 Å². The van der Waals surface area contributed by atoms with Crippen molar-refractivity contribution in [1.82, 2.24) is 20.2 Å². The van der Waals surface area contributed by atoms with Gasteiger partial charge in [-0.1, -0.05) is 30.0 Å². The predicted molar refractivity (Wildman–Crippen MR) is 89.6 cm³/mol. The van der Waals surface area contributed by atoms with Crippen LogP contribution in [0.2, 0.25) is 0 Å². The van der Waals surface area contributed by atoms with E-state index in [9.17, 15) is 9.18 Å². The molecule has 3 rings (SSSR count). The lowest BCUT2D eigenvalue weighted by atomic mass is 10.2. The largest absolute Gasteiger partial charge is 0.325 e. The summed E-state index contributed by atoms with van der Waals surface area (Å²) < 4.78 is 14.7. The number of aromatic nitrogens is 4. The van der Waals surface area contributed by atoms with Crippen LogP contribution in [0.4, 0.5) is 10.1 Å². The average Bonchev–Trinajstić information content (AvgIpc) is 3.01. The Morgan fingerprint density at radius 3 is 2.88 bits per heavy atom. The third kappa shape index (κ3) is 3.96.